The molecule has 0 aromatic heterocycles. The number of carbonyl (C=O) groups is 2. The summed E-state index contributed by atoms with van der Waals surface area (Å²) in [7, 11) is -0.436. The molecule has 0 aliphatic carbocycles. The third-order valence-corrected chi connectivity index (χ3v) is 5.57. The van der Waals surface area contributed by atoms with E-state index in [1.807, 2.05) is 6.92 Å². The van der Waals surface area contributed by atoms with Crippen LogP contribution in [0.1, 0.15) is 13.3 Å². The summed E-state index contributed by atoms with van der Waals surface area (Å²) in [5.41, 5.74) is 0.533. The van der Waals surface area contributed by atoms with Crippen LogP contribution < -0.4 is 19.5 Å². The van der Waals surface area contributed by atoms with Gasteiger partial charge in [-0.3, -0.25) is 9.59 Å². The first-order valence-electron chi connectivity index (χ1n) is 9.66. The molecular weight excluding hydrogens is 422 g/mol. The SMILES string of the molecule is CCOc1ccc(S(=O)(=O)NCCC(=O)Nc2ccc(OCC(=O)N(C)C)cc2)cc1. The topological polar surface area (TPSA) is 114 Å². The Kier molecular flexibility index (Phi) is 8.83. The molecule has 0 saturated carbocycles. The quantitative estimate of drug-likeness (QED) is 0.541. The molecule has 0 aliphatic rings. The van der Waals surface area contributed by atoms with Crippen LogP contribution in [0.2, 0.25) is 0 Å². The van der Waals surface area contributed by atoms with Crippen LogP contribution in [0.25, 0.3) is 0 Å². The lowest BCUT2D eigenvalue weighted by Gasteiger charge is -2.12. The molecule has 0 heterocycles. The van der Waals surface area contributed by atoms with Crippen molar-refractivity contribution in [2.24, 2.45) is 0 Å². The van der Waals surface area contributed by atoms with Crippen molar-refractivity contribution in [3.8, 4) is 11.5 Å². The minimum atomic E-state index is -3.72. The highest BCUT2D eigenvalue weighted by Crippen LogP contribution is 2.17. The molecule has 2 amide bonds. The van der Waals surface area contributed by atoms with Gasteiger partial charge in [-0.2, -0.15) is 0 Å². The monoisotopic (exact) mass is 449 g/mol. The average molecular weight is 450 g/mol. The van der Waals surface area contributed by atoms with Gasteiger partial charge in [0.2, 0.25) is 15.9 Å². The Morgan fingerprint density at radius 3 is 2.10 bits per heavy atom. The Labute approximate surface area is 182 Å². The summed E-state index contributed by atoms with van der Waals surface area (Å²) in [5, 5.41) is 2.68. The van der Waals surface area contributed by atoms with E-state index in [0.29, 0.717) is 23.8 Å². The van der Waals surface area contributed by atoms with E-state index in [9.17, 15) is 18.0 Å². The van der Waals surface area contributed by atoms with Gasteiger partial charge in [-0.25, -0.2) is 13.1 Å². The Bertz CT molecular complexity index is 973. The number of carbonyl (C=O) groups excluding carboxylic acids is 2. The highest BCUT2D eigenvalue weighted by Gasteiger charge is 2.14. The lowest BCUT2D eigenvalue weighted by molar-refractivity contribution is -0.130. The first-order chi connectivity index (χ1) is 14.7. The van der Waals surface area contributed by atoms with Crippen LogP contribution in [-0.2, 0) is 19.6 Å². The number of nitrogens with one attached hydrogen (secondary N) is 2. The predicted molar refractivity (Wildman–Crippen MR) is 117 cm³/mol. The fourth-order valence-corrected chi connectivity index (χ4v) is 3.43. The Morgan fingerprint density at radius 2 is 1.52 bits per heavy atom. The van der Waals surface area contributed by atoms with Crippen molar-refractivity contribution >= 4 is 27.5 Å². The minimum Gasteiger partial charge on any atom is -0.494 e. The first kappa shape index (κ1) is 24.2. The molecule has 2 aromatic carbocycles. The van der Waals surface area contributed by atoms with Crippen molar-refractivity contribution in [1.82, 2.24) is 9.62 Å². The Hall–Kier alpha value is -3.11. The van der Waals surface area contributed by atoms with Gasteiger partial charge in [0.1, 0.15) is 11.5 Å². The molecule has 9 nitrogen and oxygen atoms in total. The number of amides is 2. The molecular formula is C21H27N3O6S. The lowest BCUT2D eigenvalue weighted by atomic mass is 10.3. The summed E-state index contributed by atoms with van der Waals surface area (Å²) in [5.74, 6) is 0.578. The van der Waals surface area contributed by atoms with Crippen LogP contribution in [-0.4, -0.2) is 59.0 Å². The fourth-order valence-electron chi connectivity index (χ4n) is 2.40. The van der Waals surface area contributed by atoms with Crippen molar-refractivity contribution in [1.29, 1.82) is 0 Å². The van der Waals surface area contributed by atoms with Gasteiger partial charge in [-0.1, -0.05) is 0 Å². The van der Waals surface area contributed by atoms with Crippen molar-refractivity contribution in [2.75, 3.05) is 39.2 Å². The molecule has 0 aliphatic heterocycles. The van der Waals surface area contributed by atoms with Gasteiger partial charge in [0.15, 0.2) is 6.61 Å². The molecule has 0 unspecified atom stereocenters. The molecule has 10 heteroatoms. The van der Waals surface area contributed by atoms with E-state index in [-0.39, 0.29) is 36.3 Å². The van der Waals surface area contributed by atoms with Crippen LogP contribution in [0, 0.1) is 0 Å². The highest BCUT2D eigenvalue weighted by atomic mass is 32.2. The Morgan fingerprint density at radius 1 is 0.935 bits per heavy atom. The van der Waals surface area contributed by atoms with E-state index >= 15 is 0 Å². The number of likely N-dealkylation sites (N-methyl/N-ethyl adjacent to an activating group) is 1. The molecule has 168 valence electrons. The molecule has 2 aromatic rings. The van der Waals surface area contributed by atoms with E-state index in [1.54, 1.807) is 50.5 Å². The van der Waals surface area contributed by atoms with Crippen LogP contribution in [0.4, 0.5) is 5.69 Å². The van der Waals surface area contributed by atoms with Gasteiger partial charge in [-0.15, -0.1) is 0 Å². The summed E-state index contributed by atoms with van der Waals surface area (Å²) in [4.78, 5) is 25.1. The number of hydrogen-bond donors (Lipinski definition) is 2. The summed E-state index contributed by atoms with van der Waals surface area (Å²) >= 11 is 0. The van der Waals surface area contributed by atoms with Gasteiger partial charge < -0.3 is 19.7 Å². The standard InChI is InChI=1S/C21H27N3O6S/c1-4-29-17-9-11-19(12-10-17)31(27,28)22-14-13-20(25)23-16-5-7-18(8-6-16)30-15-21(26)24(2)3/h5-12,22H,4,13-15H2,1-3H3,(H,23,25). The van der Waals surface area contributed by atoms with Crippen LogP contribution in [0.5, 0.6) is 11.5 Å². The summed E-state index contributed by atoms with van der Waals surface area (Å²) in [6.07, 6.45) is -0.0359. The number of ether oxygens (including phenoxy) is 2. The molecule has 2 N–H and O–H groups in total. The van der Waals surface area contributed by atoms with Gasteiger partial charge >= 0.3 is 0 Å². The largest absolute Gasteiger partial charge is 0.494 e. The van der Waals surface area contributed by atoms with Gasteiger partial charge in [-0.05, 0) is 55.5 Å². The maximum atomic E-state index is 12.3. The van der Waals surface area contributed by atoms with E-state index in [2.05, 4.69) is 10.0 Å². The van der Waals surface area contributed by atoms with Crippen LogP contribution in [0.3, 0.4) is 0 Å². The normalized spacial score (nSPS) is 10.9. The van der Waals surface area contributed by atoms with Gasteiger partial charge in [0, 0.05) is 32.7 Å². The molecule has 0 atom stereocenters. The number of benzene rings is 2. The second-order valence-electron chi connectivity index (χ2n) is 6.70. The molecule has 0 bridgehead atoms. The van der Waals surface area contributed by atoms with Crippen molar-refractivity contribution in [3.63, 3.8) is 0 Å². The molecule has 2 rings (SSSR count). The summed E-state index contributed by atoms with van der Waals surface area (Å²) in [6, 6.07) is 12.6. The lowest BCUT2D eigenvalue weighted by Crippen LogP contribution is -2.28. The number of sulfonamides is 1. The number of hydrogen-bond acceptors (Lipinski definition) is 6. The number of rotatable bonds is 11. The van der Waals surface area contributed by atoms with Crippen LogP contribution >= 0.6 is 0 Å². The summed E-state index contributed by atoms with van der Waals surface area (Å²) in [6.45, 7) is 2.21. The molecule has 0 saturated heterocycles. The maximum absolute atomic E-state index is 12.3. The summed E-state index contributed by atoms with van der Waals surface area (Å²) < 4.78 is 37.7. The van der Waals surface area contributed by atoms with Gasteiger partial charge in [0.25, 0.3) is 5.91 Å². The fraction of sp³-hybridized carbons (Fsp3) is 0.333. The zero-order chi connectivity index (χ0) is 22.9. The molecule has 31 heavy (non-hydrogen) atoms. The zero-order valence-electron chi connectivity index (χ0n) is 17.8. The maximum Gasteiger partial charge on any atom is 0.259 e. The molecule has 0 spiro atoms. The smallest absolute Gasteiger partial charge is 0.259 e. The first-order valence-corrected chi connectivity index (χ1v) is 11.1. The number of anilines is 1. The van der Waals surface area contributed by atoms with E-state index < -0.39 is 10.0 Å². The van der Waals surface area contributed by atoms with Crippen molar-refractivity contribution < 1.29 is 27.5 Å². The third kappa shape index (κ3) is 7.91. The Balaban J connectivity index is 1.79. The number of nitrogens with zero attached hydrogens (tertiary/aromatic N) is 1. The zero-order valence-corrected chi connectivity index (χ0v) is 18.6. The highest BCUT2D eigenvalue weighted by molar-refractivity contribution is 7.89. The molecule has 0 fully saturated rings. The van der Waals surface area contributed by atoms with E-state index in [0.717, 1.165) is 0 Å². The molecule has 0 radical (unpaired) electrons. The van der Waals surface area contributed by atoms with E-state index in [4.69, 9.17) is 9.47 Å². The van der Waals surface area contributed by atoms with Gasteiger partial charge in [0.05, 0.1) is 11.5 Å². The van der Waals surface area contributed by atoms with Crippen molar-refractivity contribution in [2.45, 2.75) is 18.2 Å². The predicted octanol–water partition coefficient (Wildman–Crippen LogP) is 1.86. The second kappa shape index (κ2) is 11.3. The van der Waals surface area contributed by atoms with E-state index in [1.165, 1.54) is 17.0 Å². The minimum absolute atomic E-state index is 0.0359. The van der Waals surface area contributed by atoms with Crippen LogP contribution in [0.15, 0.2) is 53.4 Å². The third-order valence-electron chi connectivity index (χ3n) is 4.09. The second-order valence-corrected chi connectivity index (χ2v) is 8.47. The average Bonchev–Trinajstić information content (AvgIpc) is 2.73. The van der Waals surface area contributed by atoms with Crippen molar-refractivity contribution in [3.05, 3.63) is 48.5 Å².